The van der Waals surface area contributed by atoms with Gasteiger partial charge >= 0.3 is 0 Å². The highest BCUT2D eigenvalue weighted by Crippen LogP contribution is 2.25. The number of carbonyl (C=O) groups excluding carboxylic acids is 1. The van der Waals surface area contributed by atoms with Crippen LogP contribution in [0.1, 0.15) is 10.4 Å². The van der Waals surface area contributed by atoms with Gasteiger partial charge in [-0.05, 0) is 52.3 Å². The minimum atomic E-state index is -0.305. The zero-order valence-electron chi connectivity index (χ0n) is 9.15. The second kappa shape index (κ2) is 5.42. The molecule has 0 saturated heterocycles. The zero-order chi connectivity index (χ0) is 13.1. The third-order valence-corrected chi connectivity index (χ3v) is 3.20. The molecule has 0 unspecified atom stereocenters. The predicted octanol–water partition coefficient (Wildman–Crippen LogP) is 4.06. The number of nitrogens with one attached hydrogen (secondary N) is 1. The first-order valence-electron chi connectivity index (χ1n) is 5.12. The molecule has 0 spiro atoms. The van der Waals surface area contributed by atoms with E-state index in [2.05, 4.69) is 21.2 Å². The average molecular weight is 327 g/mol. The Kier molecular flexibility index (Phi) is 3.89. The molecule has 2 aromatic rings. The van der Waals surface area contributed by atoms with Crippen molar-refractivity contribution in [3.8, 4) is 5.75 Å². The lowest BCUT2D eigenvalue weighted by Crippen LogP contribution is -2.11. The van der Waals surface area contributed by atoms with Crippen LogP contribution in [0, 0.1) is 0 Å². The number of amides is 1. The Hall–Kier alpha value is -1.52. The topological polar surface area (TPSA) is 49.3 Å². The van der Waals surface area contributed by atoms with E-state index in [0.717, 1.165) is 0 Å². The van der Waals surface area contributed by atoms with Crippen LogP contribution in [0.2, 0.25) is 5.02 Å². The number of anilines is 1. The molecular formula is C13H9BrClNO2. The number of carbonyl (C=O) groups is 1. The maximum atomic E-state index is 11.9. The summed E-state index contributed by atoms with van der Waals surface area (Å²) in [6.07, 6.45) is 0. The lowest BCUT2D eigenvalue weighted by atomic mass is 10.2. The van der Waals surface area contributed by atoms with Crippen molar-refractivity contribution in [3.63, 3.8) is 0 Å². The standard InChI is InChI=1S/C13H9BrClNO2/c14-11-5-4-8(6-12(11)17)13(18)16-10-3-1-2-9(15)7-10/h1-7,17H,(H,16,18). The number of aromatic hydroxyl groups is 1. The van der Waals surface area contributed by atoms with Crippen LogP contribution < -0.4 is 5.32 Å². The summed E-state index contributed by atoms with van der Waals surface area (Å²) in [6.45, 7) is 0. The first-order valence-corrected chi connectivity index (χ1v) is 6.29. The molecule has 0 aliphatic rings. The summed E-state index contributed by atoms with van der Waals surface area (Å²) < 4.78 is 0.543. The number of hydrogen-bond acceptors (Lipinski definition) is 2. The van der Waals surface area contributed by atoms with Crippen molar-refractivity contribution >= 4 is 39.1 Å². The lowest BCUT2D eigenvalue weighted by molar-refractivity contribution is 0.102. The van der Waals surface area contributed by atoms with Gasteiger partial charge in [0.1, 0.15) is 5.75 Å². The maximum Gasteiger partial charge on any atom is 0.255 e. The van der Waals surface area contributed by atoms with Gasteiger partial charge in [-0.1, -0.05) is 17.7 Å². The summed E-state index contributed by atoms with van der Waals surface area (Å²) in [4.78, 5) is 11.9. The Bertz CT molecular complexity index is 601. The molecule has 0 radical (unpaired) electrons. The van der Waals surface area contributed by atoms with Crippen LogP contribution in [-0.4, -0.2) is 11.0 Å². The Balaban J connectivity index is 2.19. The molecule has 3 nitrogen and oxygen atoms in total. The summed E-state index contributed by atoms with van der Waals surface area (Å²) in [7, 11) is 0. The highest BCUT2D eigenvalue weighted by Gasteiger charge is 2.08. The number of rotatable bonds is 2. The molecular weight excluding hydrogens is 318 g/mol. The molecule has 0 aromatic heterocycles. The van der Waals surface area contributed by atoms with Gasteiger partial charge in [-0.15, -0.1) is 0 Å². The van der Waals surface area contributed by atoms with E-state index in [4.69, 9.17) is 11.6 Å². The van der Waals surface area contributed by atoms with Crippen molar-refractivity contribution < 1.29 is 9.90 Å². The minimum absolute atomic E-state index is 0.0220. The van der Waals surface area contributed by atoms with Crippen LogP contribution in [0.15, 0.2) is 46.9 Å². The van der Waals surface area contributed by atoms with Crippen molar-refractivity contribution in [3.05, 3.63) is 57.5 Å². The highest BCUT2D eigenvalue weighted by molar-refractivity contribution is 9.10. The molecule has 18 heavy (non-hydrogen) atoms. The summed E-state index contributed by atoms with van der Waals surface area (Å²) in [6, 6.07) is 11.5. The summed E-state index contributed by atoms with van der Waals surface area (Å²) in [5.74, 6) is -0.284. The normalized spacial score (nSPS) is 10.1. The number of hydrogen-bond donors (Lipinski definition) is 2. The van der Waals surface area contributed by atoms with E-state index >= 15 is 0 Å². The van der Waals surface area contributed by atoms with Crippen LogP contribution >= 0.6 is 27.5 Å². The fourth-order valence-electron chi connectivity index (χ4n) is 1.42. The lowest BCUT2D eigenvalue weighted by Gasteiger charge is -2.06. The molecule has 0 atom stereocenters. The van der Waals surface area contributed by atoms with Crippen LogP contribution in [0.4, 0.5) is 5.69 Å². The van der Waals surface area contributed by atoms with Crippen molar-refractivity contribution in [2.75, 3.05) is 5.32 Å². The number of phenolic OH excluding ortho intramolecular Hbond substituents is 1. The predicted molar refractivity (Wildman–Crippen MR) is 75.2 cm³/mol. The van der Waals surface area contributed by atoms with E-state index in [9.17, 15) is 9.90 Å². The largest absolute Gasteiger partial charge is 0.507 e. The first-order chi connectivity index (χ1) is 8.56. The van der Waals surface area contributed by atoms with Crippen LogP contribution in [0.25, 0.3) is 0 Å². The molecule has 2 aromatic carbocycles. The molecule has 5 heteroatoms. The molecule has 0 fully saturated rings. The van der Waals surface area contributed by atoms with Crippen LogP contribution in [-0.2, 0) is 0 Å². The van der Waals surface area contributed by atoms with Crippen molar-refractivity contribution in [2.24, 2.45) is 0 Å². The van der Waals surface area contributed by atoms with Gasteiger partial charge in [0.2, 0.25) is 0 Å². The third kappa shape index (κ3) is 3.03. The quantitative estimate of drug-likeness (QED) is 0.874. The molecule has 0 aliphatic heterocycles. The van der Waals surface area contributed by atoms with E-state index in [1.54, 1.807) is 36.4 Å². The summed E-state index contributed by atoms with van der Waals surface area (Å²) >= 11 is 8.98. The maximum absolute atomic E-state index is 11.9. The second-order valence-corrected chi connectivity index (χ2v) is 4.92. The smallest absolute Gasteiger partial charge is 0.255 e. The number of benzene rings is 2. The zero-order valence-corrected chi connectivity index (χ0v) is 11.5. The third-order valence-electron chi connectivity index (χ3n) is 2.29. The molecule has 0 heterocycles. The van der Waals surface area contributed by atoms with E-state index < -0.39 is 0 Å². The molecule has 0 aliphatic carbocycles. The minimum Gasteiger partial charge on any atom is -0.507 e. The van der Waals surface area contributed by atoms with Gasteiger partial charge in [0.15, 0.2) is 0 Å². The second-order valence-electron chi connectivity index (χ2n) is 3.63. The Morgan fingerprint density at radius 2 is 2.00 bits per heavy atom. The molecule has 0 bridgehead atoms. The Morgan fingerprint density at radius 3 is 2.67 bits per heavy atom. The van der Waals surface area contributed by atoms with E-state index in [-0.39, 0.29) is 11.7 Å². The summed E-state index contributed by atoms with van der Waals surface area (Å²) in [5.41, 5.74) is 0.977. The monoisotopic (exact) mass is 325 g/mol. The van der Waals surface area contributed by atoms with Crippen molar-refractivity contribution in [1.82, 2.24) is 0 Å². The van der Waals surface area contributed by atoms with Gasteiger partial charge in [-0.3, -0.25) is 4.79 Å². The highest BCUT2D eigenvalue weighted by atomic mass is 79.9. The van der Waals surface area contributed by atoms with Gasteiger partial charge < -0.3 is 10.4 Å². The number of phenols is 1. The Labute approximate surface area is 118 Å². The average Bonchev–Trinajstić information content (AvgIpc) is 2.32. The van der Waals surface area contributed by atoms with Crippen LogP contribution in [0.5, 0.6) is 5.75 Å². The van der Waals surface area contributed by atoms with Gasteiger partial charge in [0.25, 0.3) is 5.91 Å². The fourth-order valence-corrected chi connectivity index (χ4v) is 1.86. The van der Waals surface area contributed by atoms with Gasteiger partial charge in [0.05, 0.1) is 4.47 Å². The van der Waals surface area contributed by atoms with E-state index in [1.807, 2.05) is 0 Å². The molecule has 2 rings (SSSR count). The van der Waals surface area contributed by atoms with Crippen molar-refractivity contribution in [2.45, 2.75) is 0 Å². The Morgan fingerprint density at radius 1 is 1.22 bits per heavy atom. The molecule has 0 saturated carbocycles. The number of halogens is 2. The van der Waals surface area contributed by atoms with Gasteiger partial charge in [0, 0.05) is 16.3 Å². The van der Waals surface area contributed by atoms with E-state index in [0.29, 0.717) is 20.7 Å². The summed E-state index contributed by atoms with van der Waals surface area (Å²) in [5, 5.41) is 12.8. The SMILES string of the molecule is O=C(Nc1cccc(Cl)c1)c1ccc(Br)c(O)c1. The molecule has 1 amide bonds. The van der Waals surface area contributed by atoms with Gasteiger partial charge in [-0.2, -0.15) is 0 Å². The van der Waals surface area contributed by atoms with Crippen LogP contribution in [0.3, 0.4) is 0 Å². The molecule has 92 valence electrons. The fraction of sp³-hybridized carbons (Fsp3) is 0. The van der Waals surface area contributed by atoms with E-state index in [1.165, 1.54) is 6.07 Å². The van der Waals surface area contributed by atoms with Crippen molar-refractivity contribution in [1.29, 1.82) is 0 Å². The molecule has 2 N–H and O–H groups in total. The van der Waals surface area contributed by atoms with Gasteiger partial charge in [-0.25, -0.2) is 0 Å². The first kappa shape index (κ1) is 12.9.